The first-order valence-electron chi connectivity index (χ1n) is 6.33. The number of amidine groups is 1. The van der Waals surface area contributed by atoms with Gasteiger partial charge in [0.15, 0.2) is 5.17 Å². The van der Waals surface area contributed by atoms with Crippen molar-refractivity contribution in [2.75, 3.05) is 12.9 Å². The summed E-state index contributed by atoms with van der Waals surface area (Å²) in [6.07, 6.45) is 2.78. The predicted octanol–water partition coefficient (Wildman–Crippen LogP) is 3.07. The molecule has 1 N–H and O–H groups in total. The number of rotatable bonds is 4. The number of aliphatic imine (C=N–C) groups is 1. The molecule has 0 aliphatic heterocycles. The molecule has 0 heterocycles. The summed E-state index contributed by atoms with van der Waals surface area (Å²) in [5, 5.41) is 2.80. The largest absolute Gasteiger partial charge is 0.448 e. The number of unbranched alkanes of at least 4 members (excludes halogenated alkanes) is 1. The molecule has 20 heavy (non-hydrogen) atoms. The third-order valence-electron chi connectivity index (χ3n) is 2.37. The van der Waals surface area contributed by atoms with Crippen LogP contribution in [0.25, 0.3) is 0 Å². The molecular formula is C14H18N2O3S. The quantitative estimate of drug-likeness (QED) is 0.526. The molecule has 0 atom stereocenters. The van der Waals surface area contributed by atoms with E-state index in [4.69, 9.17) is 4.74 Å². The molecule has 0 fully saturated rings. The summed E-state index contributed by atoms with van der Waals surface area (Å²) in [7, 11) is 0. The number of ether oxygens (including phenoxy) is 1. The molecule has 0 spiro atoms. The van der Waals surface area contributed by atoms with Gasteiger partial charge in [-0.3, -0.25) is 4.79 Å². The summed E-state index contributed by atoms with van der Waals surface area (Å²) in [6.45, 7) is 2.34. The molecule has 0 bridgehead atoms. The van der Waals surface area contributed by atoms with E-state index < -0.39 is 6.09 Å². The third kappa shape index (κ3) is 5.88. The third-order valence-corrected chi connectivity index (χ3v) is 2.95. The Morgan fingerprint density at radius 3 is 2.60 bits per heavy atom. The SMILES string of the molecule is CCCCOC(=O)/N=C(/NC(=O)c1ccccc1)SC. The van der Waals surface area contributed by atoms with Gasteiger partial charge < -0.3 is 10.1 Å². The molecule has 1 aromatic carbocycles. The van der Waals surface area contributed by atoms with Gasteiger partial charge in [0, 0.05) is 5.56 Å². The number of amides is 2. The fourth-order valence-electron chi connectivity index (χ4n) is 1.30. The van der Waals surface area contributed by atoms with Gasteiger partial charge >= 0.3 is 6.09 Å². The van der Waals surface area contributed by atoms with Crippen molar-refractivity contribution in [1.82, 2.24) is 5.32 Å². The summed E-state index contributed by atoms with van der Waals surface area (Å²) >= 11 is 1.18. The number of thioether (sulfide) groups is 1. The minimum Gasteiger partial charge on any atom is -0.448 e. The molecule has 0 aromatic heterocycles. The van der Waals surface area contributed by atoms with Gasteiger partial charge in [-0.2, -0.15) is 4.99 Å². The topological polar surface area (TPSA) is 67.8 Å². The van der Waals surface area contributed by atoms with Gasteiger partial charge in [0.2, 0.25) is 0 Å². The summed E-state index contributed by atoms with van der Waals surface area (Å²) < 4.78 is 4.91. The van der Waals surface area contributed by atoms with Gasteiger partial charge in [0.05, 0.1) is 6.61 Å². The highest BCUT2D eigenvalue weighted by Gasteiger charge is 2.09. The summed E-state index contributed by atoms with van der Waals surface area (Å²) in [5.74, 6) is -0.306. The van der Waals surface area contributed by atoms with Crippen LogP contribution < -0.4 is 5.32 Å². The number of carbonyl (C=O) groups excluding carboxylic acids is 2. The van der Waals surface area contributed by atoms with Gasteiger partial charge in [-0.25, -0.2) is 4.79 Å². The Hall–Kier alpha value is -1.82. The maximum absolute atomic E-state index is 11.9. The second-order valence-electron chi connectivity index (χ2n) is 3.91. The molecule has 2 amide bonds. The van der Waals surface area contributed by atoms with E-state index in [1.165, 1.54) is 11.8 Å². The van der Waals surface area contributed by atoms with Crippen LogP contribution in [0.15, 0.2) is 35.3 Å². The zero-order chi connectivity index (χ0) is 14.8. The van der Waals surface area contributed by atoms with Crippen LogP contribution >= 0.6 is 11.8 Å². The zero-order valence-electron chi connectivity index (χ0n) is 11.6. The summed E-state index contributed by atoms with van der Waals surface area (Å²) in [6, 6.07) is 8.73. The van der Waals surface area contributed by atoms with E-state index in [0.717, 1.165) is 12.8 Å². The minimum absolute atomic E-state index is 0.223. The number of nitrogens with one attached hydrogen (secondary N) is 1. The van der Waals surface area contributed by atoms with Crippen molar-refractivity contribution >= 4 is 28.9 Å². The average molecular weight is 294 g/mol. The Labute approximate surface area is 122 Å². The van der Waals surface area contributed by atoms with Crippen molar-refractivity contribution in [1.29, 1.82) is 0 Å². The van der Waals surface area contributed by atoms with Gasteiger partial charge in [-0.05, 0) is 24.8 Å². The Bertz CT molecular complexity index is 475. The molecule has 0 aliphatic rings. The van der Waals surface area contributed by atoms with E-state index in [9.17, 15) is 9.59 Å². The van der Waals surface area contributed by atoms with Gasteiger partial charge in [0.1, 0.15) is 0 Å². The highest BCUT2D eigenvalue weighted by molar-refractivity contribution is 8.13. The van der Waals surface area contributed by atoms with Crippen molar-refractivity contribution in [3.63, 3.8) is 0 Å². The minimum atomic E-state index is -0.684. The highest BCUT2D eigenvalue weighted by Crippen LogP contribution is 2.02. The molecule has 1 aromatic rings. The number of carbonyl (C=O) groups is 2. The lowest BCUT2D eigenvalue weighted by Gasteiger charge is -2.06. The number of hydrogen-bond acceptors (Lipinski definition) is 4. The number of benzene rings is 1. The Kier molecular flexibility index (Phi) is 7.42. The molecule has 108 valence electrons. The molecule has 0 saturated heterocycles. The van der Waals surface area contributed by atoms with E-state index in [2.05, 4.69) is 10.3 Å². The Morgan fingerprint density at radius 1 is 1.30 bits per heavy atom. The average Bonchev–Trinajstić information content (AvgIpc) is 2.47. The van der Waals surface area contributed by atoms with Crippen LogP contribution in [0.1, 0.15) is 30.1 Å². The van der Waals surface area contributed by atoms with Gasteiger partial charge in [0.25, 0.3) is 5.91 Å². The molecule has 0 aliphatic carbocycles. The first-order valence-corrected chi connectivity index (χ1v) is 7.55. The molecule has 0 radical (unpaired) electrons. The van der Waals surface area contributed by atoms with E-state index in [1.807, 2.05) is 13.0 Å². The Morgan fingerprint density at radius 2 is 2.00 bits per heavy atom. The fourth-order valence-corrected chi connectivity index (χ4v) is 1.66. The summed E-state index contributed by atoms with van der Waals surface area (Å²) in [5.41, 5.74) is 0.508. The normalized spacial score (nSPS) is 11.0. The number of hydrogen-bond donors (Lipinski definition) is 1. The lowest BCUT2D eigenvalue weighted by Crippen LogP contribution is -2.29. The van der Waals surface area contributed by atoms with E-state index in [-0.39, 0.29) is 11.1 Å². The summed E-state index contributed by atoms with van der Waals surface area (Å²) in [4.78, 5) is 27.0. The molecule has 5 nitrogen and oxygen atoms in total. The van der Waals surface area contributed by atoms with Crippen LogP contribution in [0.4, 0.5) is 4.79 Å². The first-order chi connectivity index (χ1) is 9.67. The Balaban J connectivity index is 2.58. The van der Waals surface area contributed by atoms with E-state index >= 15 is 0 Å². The van der Waals surface area contributed by atoms with Crippen LogP contribution in [-0.2, 0) is 4.74 Å². The second-order valence-corrected chi connectivity index (χ2v) is 4.70. The fraction of sp³-hybridized carbons (Fsp3) is 0.357. The lowest BCUT2D eigenvalue weighted by atomic mass is 10.2. The molecular weight excluding hydrogens is 276 g/mol. The van der Waals surface area contributed by atoms with Crippen LogP contribution in [0.5, 0.6) is 0 Å². The second kappa shape index (κ2) is 9.14. The molecule has 6 heteroatoms. The van der Waals surface area contributed by atoms with Crippen LogP contribution in [0, 0.1) is 0 Å². The van der Waals surface area contributed by atoms with Gasteiger partial charge in [-0.1, -0.05) is 43.3 Å². The maximum Gasteiger partial charge on any atom is 0.436 e. The smallest absolute Gasteiger partial charge is 0.436 e. The van der Waals surface area contributed by atoms with Crippen LogP contribution in [0.3, 0.4) is 0 Å². The van der Waals surface area contributed by atoms with Crippen LogP contribution in [0.2, 0.25) is 0 Å². The van der Waals surface area contributed by atoms with E-state index in [1.54, 1.807) is 30.5 Å². The zero-order valence-corrected chi connectivity index (χ0v) is 12.4. The van der Waals surface area contributed by atoms with E-state index in [0.29, 0.717) is 12.2 Å². The molecule has 0 saturated carbocycles. The number of nitrogens with zero attached hydrogens (tertiary/aromatic N) is 1. The standard InChI is InChI=1S/C14H18N2O3S/c1-3-4-10-19-14(18)16-13(20-2)15-12(17)11-8-6-5-7-9-11/h5-9H,3-4,10H2,1-2H3,(H,15,16,17,18). The van der Waals surface area contributed by atoms with Crippen LogP contribution in [-0.4, -0.2) is 30.0 Å². The first kappa shape index (κ1) is 16.2. The molecule has 0 unspecified atom stereocenters. The van der Waals surface area contributed by atoms with Crippen molar-refractivity contribution in [3.8, 4) is 0 Å². The maximum atomic E-state index is 11.9. The highest BCUT2D eigenvalue weighted by atomic mass is 32.2. The van der Waals surface area contributed by atoms with Crippen molar-refractivity contribution in [2.45, 2.75) is 19.8 Å². The van der Waals surface area contributed by atoms with Gasteiger partial charge in [-0.15, -0.1) is 0 Å². The molecule has 1 rings (SSSR count). The monoisotopic (exact) mass is 294 g/mol. The van der Waals surface area contributed by atoms with Crippen molar-refractivity contribution in [2.24, 2.45) is 4.99 Å². The predicted molar refractivity (Wildman–Crippen MR) is 81.1 cm³/mol. The van der Waals surface area contributed by atoms with Crippen molar-refractivity contribution < 1.29 is 14.3 Å². The van der Waals surface area contributed by atoms with Crippen molar-refractivity contribution in [3.05, 3.63) is 35.9 Å². The lowest BCUT2D eigenvalue weighted by molar-refractivity contribution is 0.0978.